The lowest BCUT2D eigenvalue weighted by Crippen LogP contribution is -2.36. The van der Waals surface area contributed by atoms with E-state index in [0.29, 0.717) is 5.92 Å². The standard InChI is InChI=1S/C20H30N6O/c1-15-17(12-24(2)23-15)14-25-8-6-7-16(13-25)18-11-19(27)22-20(21-18)26-9-4-3-5-10-26/h11-12,16H,3-10,13-14H2,1-2H3,(H,21,22,27)/t16-/m0/s1. The number of anilines is 1. The highest BCUT2D eigenvalue weighted by Gasteiger charge is 2.25. The summed E-state index contributed by atoms with van der Waals surface area (Å²) in [6.07, 6.45) is 7.96. The summed E-state index contributed by atoms with van der Waals surface area (Å²) in [4.78, 5) is 24.8. The number of likely N-dealkylation sites (tertiary alicyclic amines) is 1. The molecule has 2 fully saturated rings. The van der Waals surface area contributed by atoms with Gasteiger partial charge in [-0.2, -0.15) is 5.10 Å². The molecule has 146 valence electrons. The third-order valence-electron chi connectivity index (χ3n) is 5.84. The first-order chi connectivity index (χ1) is 13.1. The van der Waals surface area contributed by atoms with E-state index >= 15 is 0 Å². The highest BCUT2D eigenvalue weighted by molar-refractivity contribution is 5.31. The fourth-order valence-electron chi connectivity index (χ4n) is 4.41. The van der Waals surface area contributed by atoms with Crippen LogP contribution in [0.15, 0.2) is 17.1 Å². The molecule has 2 aromatic rings. The SMILES string of the molecule is Cc1nn(C)cc1CN1CCC[C@H](c2cc(=O)[nH]c(N3CCCCC3)n2)C1. The molecule has 4 rings (SSSR count). The van der Waals surface area contributed by atoms with Crippen molar-refractivity contribution in [3.63, 3.8) is 0 Å². The summed E-state index contributed by atoms with van der Waals surface area (Å²) in [5, 5.41) is 4.46. The van der Waals surface area contributed by atoms with E-state index in [0.717, 1.165) is 62.9 Å². The molecule has 0 unspecified atom stereocenters. The Labute approximate surface area is 160 Å². The van der Waals surface area contributed by atoms with Gasteiger partial charge in [0.05, 0.1) is 11.4 Å². The third-order valence-corrected chi connectivity index (χ3v) is 5.84. The molecule has 4 heterocycles. The van der Waals surface area contributed by atoms with Gasteiger partial charge in [-0.05, 0) is 45.6 Å². The van der Waals surface area contributed by atoms with Gasteiger partial charge in [0, 0.05) is 57.0 Å². The summed E-state index contributed by atoms with van der Waals surface area (Å²) in [5.41, 5.74) is 3.31. The molecule has 27 heavy (non-hydrogen) atoms. The van der Waals surface area contributed by atoms with Gasteiger partial charge >= 0.3 is 0 Å². The Bertz CT molecular complexity index is 835. The van der Waals surface area contributed by atoms with E-state index < -0.39 is 0 Å². The number of aromatic amines is 1. The molecule has 0 spiro atoms. The van der Waals surface area contributed by atoms with Crippen molar-refractivity contribution in [3.8, 4) is 0 Å². The highest BCUT2D eigenvalue weighted by Crippen LogP contribution is 2.27. The fraction of sp³-hybridized carbons (Fsp3) is 0.650. The molecule has 0 aromatic carbocycles. The number of nitrogens with zero attached hydrogens (tertiary/aromatic N) is 5. The number of aromatic nitrogens is 4. The Morgan fingerprint density at radius 1 is 1.19 bits per heavy atom. The summed E-state index contributed by atoms with van der Waals surface area (Å²) >= 11 is 0. The second-order valence-electron chi connectivity index (χ2n) is 8.03. The molecule has 0 radical (unpaired) electrons. The quantitative estimate of drug-likeness (QED) is 0.893. The molecule has 1 N–H and O–H groups in total. The minimum atomic E-state index is -0.0270. The summed E-state index contributed by atoms with van der Waals surface area (Å²) in [6.45, 7) is 7.00. The molecule has 0 amide bonds. The van der Waals surface area contributed by atoms with Crippen LogP contribution in [0.3, 0.4) is 0 Å². The minimum absolute atomic E-state index is 0.0270. The summed E-state index contributed by atoms with van der Waals surface area (Å²) in [6, 6.07) is 1.71. The zero-order chi connectivity index (χ0) is 18.8. The predicted octanol–water partition coefficient (Wildman–Crippen LogP) is 2.18. The van der Waals surface area contributed by atoms with Gasteiger partial charge in [-0.15, -0.1) is 0 Å². The Morgan fingerprint density at radius 3 is 2.74 bits per heavy atom. The van der Waals surface area contributed by atoms with Gasteiger partial charge < -0.3 is 4.90 Å². The molecular formula is C20H30N6O. The lowest BCUT2D eigenvalue weighted by molar-refractivity contribution is 0.198. The number of hydrogen-bond acceptors (Lipinski definition) is 5. The topological polar surface area (TPSA) is 70.1 Å². The van der Waals surface area contributed by atoms with Crippen LogP contribution >= 0.6 is 0 Å². The third kappa shape index (κ3) is 4.24. The molecule has 7 nitrogen and oxygen atoms in total. The Hall–Kier alpha value is -2.15. The van der Waals surface area contributed by atoms with E-state index in [2.05, 4.69) is 33.0 Å². The van der Waals surface area contributed by atoms with Crippen molar-refractivity contribution >= 4 is 5.95 Å². The molecule has 2 saturated heterocycles. The fourth-order valence-corrected chi connectivity index (χ4v) is 4.41. The monoisotopic (exact) mass is 370 g/mol. The summed E-state index contributed by atoms with van der Waals surface area (Å²) in [7, 11) is 1.97. The maximum Gasteiger partial charge on any atom is 0.252 e. The molecule has 1 atom stereocenters. The number of piperidine rings is 2. The largest absolute Gasteiger partial charge is 0.342 e. The number of H-pyrrole nitrogens is 1. The van der Waals surface area contributed by atoms with Gasteiger partial charge in [-0.3, -0.25) is 19.4 Å². The van der Waals surface area contributed by atoms with Crippen molar-refractivity contribution in [1.82, 2.24) is 24.6 Å². The highest BCUT2D eigenvalue weighted by atomic mass is 16.1. The first-order valence-corrected chi connectivity index (χ1v) is 10.2. The van der Waals surface area contributed by atoms with Gasteiger partial charge in [0.2, 0.25) is 5.95 Å². The van der Waals surface area contributed by atoms with Crippen molar-refractivity contribution < 1.29 is 0 Å². The van der Waals surface area contributed by atoms with Crippen molar-refractivity contribution in [2.24, 2.45) is 7.05 Å². The van der Waals surface area contributed by atoms with E-state index in [1.165, 1.54) is 24.8 Å². The van der Waals surface area contributed by atoms with Crippen LogP contribution in [-0.4, -0.2) is 50.8 Å². The first-order valence-electron chi connectivity index (χ1n) is 10.2. The molecule has 2 aromatic heterocycles. The van der Waals surface area contributed by atoms with Crippen LogP contribution in [0.5, 0.6) is 0 Å². The van der Waals surface area contributed by atoms with Crippen molar-refractivity contribution in [2.45, 2.75) is 51.5 Å². The van der Waals surface area contributed by atoms with Crippen LogP contribution in [0.25, 0.3) is 0 Å². The average Bonchev–Trinajstić information content (AvgIpc) is 2.99. The summed E-state index contributed by atoms with van der Waals surface area (Å²) < 4.78 is 1.88. The van der Waals surface area contributed by atoms with Crippen molar-refractivity contribution in [1.29, 1.82) is 0 Å². The number of nitrogens with one attached hydrogen (secondary N) is 1. The van der Waals surface area contributed by atoms with E-state index in [-0.39, 0.29) is 5.56 Å². The van der Waals surface area contributed by atoms with Crippen LogP contribution in [0.1, 0.15) is 55.0 Å². The molecule has 7 heteroatoms. The lowest BCUT2D eigenvalue weighted by Gasteiger charge is -2.33. The van der Waals surface area contributed by atoms with Crippen LogP contribution < -0.4 is 10.5 Å². The lowest BCUT2D eigenvalue weighted by atomic mass is 9.94. The molecule has 2 aliphatic heterocycles. The van der Waals surface area contributed by atoms with Crippen LogP contribution in [0.4, 0.5) is 5.95 Å². The van der Waals surface area contributed by atoms with Crippen LogP contribution in [0.2, 0.25) is 0 Å². The molecule has 0 aliphatic carbocycles. The van der Waals surface area contributed by atoms with Crippen LogP contribution in [0, 0.1) is 6.92 Å². The Morgan fingerprint density at radius 2 is 2.00 bits per heavy atom. The zero-order valence-electron chi connectivity index (χ0n) is 16.4. The van der Waals surface area contributed by atoms with Gasteiger partial charge in [-0.1, -0.05) is 0 Å². The van der Waals surface area contributed by atoms with Gasteiger partial charge in [0.1, 0.15) is 0 Å². The molecule has 2 aliphatic rings. The molecule has 0 bridgehead atoms. The van der Waals surface area contributed by atoms with Gasteiger partial charge in [0.25, 0.3) is 5.56 Å². The number of hydrogen-bond donors (Lipinski definition) is 1. The van der Waals surface area contributed by atoms with Crippen molar-refractivity contribution in [2.75, 3.05) is 31.1 Å². The van der Waals surface area contributed by atoms with Gasteiger partial charge in [0.15, 0.2) is 0 Å². The zero-order valence-corrected chi connectivity index (χ0v) is 16.4. The van der Waals surface area contributed by atoms with Gasteiger partial charge in [-0.25, -0.2) is 4.98 Å². The smallest absolute Gasteiger partial charge is 0.252 e. The maximum absolute atomic E-state index is 12.3. The van der Waals surface area contributed by atoms with Crippen LogP contribution in [-0.2, 0) is 13.6 Å². The van der Waals surface area contributed by atoms with E-state index in [1.807, 2.05) is 11.7 Å². The summed E-state index contributed by atoms with van der Waals surface area (Å²) in [5.74, 6) is 1.08. The molecular weight excluding hydrogens is 340 g/mol. The molecule has 0 saturated carbocycles. The van der Waals surface area contributed by atoms with E-state index in [4.69, 9.17) is 4.98 Å². The normalized spacial score (nSPS) is 21.6. The van der Waals surface area contributed by atoms with Crippen molar-refractivity contribution in [3.05, 3.63) is 39.6 Å². The second kappa shape index (κ2) is 7.84. The predicted molar refractivity (Wildman–Crippen MR) is 106 cm³/mol. The maximum atomic E-state index is 12.3. The van der Waals surface area contributed by atoms with E-state index in [9.17, 15) is 4.79 Å². The Kier molecular flexibility index (Phi) is 5.29. The number of rotatable bonds is 4. The second-order valence-corrected chi connectivity index (χ2v) is 8.03. The average molecular weight is 371 g/mol. The Balaban J connectivity index is 1.49. The van der Waals surface area contributed by atoms with E-state index in [1.54, 1.807) is 6.07 Å². The number of aryl methyl sites for hydroxylation is 2. The first kappa shape index (κ1) is 18.2. The minimum Gasteiger partial charge on any atom is -0.342 e.